The van der Waals surface area contributed by atoms with Gasteiger partial charge in [0.05, 0.1) is 17.2 Å². The molecule has 0 bridgehead atoms. The molecule has 84 valence electrons. The molecule has 0 aliphatic carbocycles. The van der Waals surface area contributed by atoms with Gasteiger partial charge in [-0.3, -0.25) is 4.68 Å². The summed E-state index contributed by atoms with van der Waals surface area (Å²) < 4.78 is 25.7. The molecule has 1 aromatic heterocycles. The summed E-state index contributed by atoms with van der Waals surface area (Å²) in [7, 11) is -2.92. The molecule has 15 heavy (non-hydrogen) atoms. The molecular weight excluding hydrogens is 280 g/mol. The Labute approximate surface area is 97.7 Å². The van der Waals surface area contributed by atoms with Crippen LogP contribution in [0, 0.1) is 0 Å². The smallest absolute Gasteiger partial charge is 0.156 e. The highest BCUT2D eigenvalue weighted by atomic mass is 79.9. The van der Waals surface area contributed by atoms with Crippen molar-refractivity contribution in [1.82, 2.24) is 9.78 Å². The van der Waals surface area contributed by atoms with Gasteiger partial charge in [0.2, 0.25) is 0 Å². The van der Waals surface area contributed by atoms with E-state index in [1.54, 1.807) is 4.68 Å². The lowest BCUT2D eigenvalue weighted by atomic mass is 10.2. The van der Waals surface area contributed by atoms with Crippen LogP contribution >= 0.6 is 15.9 Å². The van der Waals surface area contributed by atoms with Crippen molar-refractivity contribution in [3.05, 3.63) is 15.9 Å². The molecule has 2 rings (SSSR count). The van der Waals surface area contributed by atoms with Gasteiger partial charge >= 0.3 is 0 Å². The minimum absolute atomic E-state index is 0.124. The van der Waals surface area contributed by atoms with E-state index in [2.05, 4.69) is 21.0 Å². The van der Waals surface area contributed by atoms with Crippen LogP contribution < -0.4 is 0 Å². The van der Waals surface area contributed by atoms with E-state index in [1.807, 2.05) is 13.8 Å². The third kappa shape index (κ3) is 1.97. The molecule has 1 aliphatic heterocycles. The zero-order valence-electron chi connectivity index (χ0n) is 8.70. The van der Waals surface area contributed by atoms with E-state index >= 15 is 0 Å². The van der Waals surface area contributed by atoms with Crippen LogP contribution in [0.1, 0.15) is 31.1 Å². The highest BCUT2D eigenvalue weighted by Crippen LogP contribution is 2.29. The second-order valence-electron chi connectivity index (χ2n) is 4.10. The van der Waals surface area contributed by atoms with Crippen molar-refractivity contribution in [1.29, 1.82) is 0 Å². The Hall–Kier alpha value is -0.360. The Balaban J connectivity index is 2.56. The minimum atomic E-state index is -2.92. The van der Waals surface area contributed by atoms with Crippen molar-refractivity contribution in [3.63, 3.8) is 0 Å². The predicted molar refractivity (Wildman–Crippen MR) is 61.5 cm³/mol. The minimum Gasteiger partial charge on any atom is -0.265 e. The maximum absolute atomic E-state index is 11.5. The molecule has 0 spiro atoms. The van der Waals surface area contributed by atoms with Gasteiger partial charge in [0.15, 0.2) is 9.84 Å². The maximum atomic E-state index is 11.5. The van der Waals surface area contributed by atoms with E-state index in [0.717, 1.165) is 15.9 Å². The summed E-state index contributed by atoms with van der Waals surface area (Å²) in [6.45, 7) is 4.00. The predicted octanol–water partition coefficient (Wildman–Crippen LogP) is 1.70. The van der Waals surface area contributed by atoms with Crippen LogP contribution in [0.15, 0.2) is 4.60 Å². The molecule has 0 amide bonds. The standard InChI is InChI=1S/C9H13BrN2O2S/c1-6(2)12-8-5-15(13,14)4-3-7(8)9(10)11-12/h6H,3-5H2,1-2H3. The number of halogens is 1. The van der Waals surface area contributed by atoms with Crippen molar-refractivity contribution >= 4 is 25.8 Å². The maximum Gasteiger partial charge on any atom is 0.156 e. The number of sulfone groups is 1. The molecule has 1 aliphatic rings. The monoisotopic (exact) mass is 292 g/mol. The SMILES string of the molecule is CC(C)n1nc(Br)c2c1CS(=O)(=O)CC2. The van der Waals surface area contributed by atoms with Crippen LogP contribution in [0.25, 0.3) is 0 Å². The largest absolute Gasteiger partial charge is 0.265 e. The van der Waals surface area contributed by atoms with E-state index in [0.29, 0.717) is 6.42 Å². The molecule has 0 radical (unpaired) electrons. The molecule has 0 aromatic carbocycles. The quantitative estimate of drug-likeness (QED) is 0.792. The zero-order valence-corrected chi connectivity index (χ0v) is 11.1. The van der Waals surface area contributed by atoms with Gasteiger partial charge in [-0.2, -0.15) is 5.10 Å². The summed E-state index contributed by atoms with van der Waals surface area (Å²) in [5, 5.41) is 4.33. The van der Waals surface area contributed by atoms with E-state index < -0.39 is 9.84 Å². The molecule has 0 fully saturated rings. The second kappa shape index (κ2) is 3.59. The summed E-state index contributed by atoms with van der Waals surface area (Å²) >= 11 is 3.38. The second-order valence-corrected chi connectivity index (χ2v) is 7.03. The third-order valence-electron chi connectivity index (χ3n) is 2.58. The molecule has 0 saturated heterocycles. The van der Waals surface area contributed by atoms with E-state index in [4.69, 9.17) is 0 Å². The molecule has 6 heteroatoms. The summed E-state index contributed by atoms with van der Waals surface area (Å²) in [5.41, 5.74) is 1.90. The fourth-order valence-electron chi connectivity index (χ4n) is 1.84. The van der Waals surface area contributed by atoms with Gasteiger partial charge in [0.25, 0.3) is 0 Å². The lowest BCUT2D eigenvalue weighted by Gasteiger charge is -2.16. The Bertz CT molecular complexity index is 490. The Morgan fingerprint density at radius 1 is 1.47 bits per heavy atom. The first-order valence-corrected chi connectivity index (χ1v) is 7.48. The van der Waals surface area contributed by atoms with Gasteiger partial charge in [0.1, 0.15) is 4.60 Å². The number of hydrogen-bond acceptors (Lipinski definition) is 3. The highest BCUT2D eigenvalue weighted by Gasteiger charge is 2.28. The normalized spacial score (nSPS) is 19.2. The third-order valence-corrected chi connectivity index (χ3v) is 4.75. The zero-order chi connectivity index (χ0) is 11.2. The van der Waals surface area contributed by atoms with E-state index in [-0.39, 0.29) is 17.5 Å². The molecule has 1 aromatic rings. The van der Waals surface area contributed by atoms with Gasteiger partial charge in [0, 0.05) is 11.6 Å². The average Bonchev–Trinajstić information content (AvgIpc) is 2.41. The van der Waals surface area contributed by atoms with Crippen molar-refractivity contribution in [2.24, 2.45) is 0 Å². The van der Waals surface area contributed by atoms with Crippen molar-refractivity contribution in [3.8, 4) is 0 Å². The molecule has 0 unspecified atom stereocenters. The van der Waals surface area contributed by atoms with Crippen LogP contribution in [0.3, 0.4) is 0 Å². The van der Waals surface area contributed by atoms with Crippen LogP contribution in [0.5, 0.6) is 0 Å². The first-order valence-electron chi connectivity index (χ1n) is 4.87. The molecule has 2 heterocycles. The fraction of sp³-hybridized carbons (Fsp3) is 0.667. The summed E-state index contributed by atoms with van der Waals surface area (Å²) in [4.78, 5) is 0. The van der Waals surface area contributed by atoms with Crippen LogP contribution in [0.2, 0.25) is 0 Å². The van der Waals surface area contributed by atoms with Crippen molar-refractivity contribution in [2.75, 3.05) is 5.75 Å². The Morgan fingerprint density at radius 3 is 2.73 bits per heavy atom. The number of hydrogen-bond donors (Lipinski definition) is 0. The molecule has 0 atom stereocenters. The van der Waals surface area contributed by atoms with E-state index in [1.165, 1.54) is 0 Å². The lowest BCUT2D eigenvalue weighted by molar-refractivity contribution is 0.509. The fourth-order valence-corrected chi connectivity index (χ4v) is 3.82. The number of fused-ring (bicyclic) bond motifs is 1. The van der Waals surface area contributed by atoms with Crippen molar-refractivity contribution < 1.29 is 8.42 Å². The first kappa shape index (κ1) is 11.1. The van der Waals surface area contributed by atoms with E-state index in [9.17, 15) is 8.42 Å². The lowest BCUT2D eigenvalue weighted by Crippen LogP contribution is -2.21. The Kier molecular flexibility index (Phi) is 2.66. The number of rotatable bonds is 1. The van der Waals surface area contributed by atoms with Crippen LogP contribution in [0.4, 0.5) is 0 Å². The van der Waals surface area contributed by atoms with Gasteiger partial charge in [-0.05, 0) is 36.2 Å². The summed E-state index contributed by atoms with van der Waals surface area (Å²) in [6.07, 6.45) is 0.574. The highest BCUT2D eigenvalue weighted by molar-refractivity contribution is 9.10. The Morgan fingerprint density at radius 2 is 2.13 bits per heavy atom. The molecule has 0 saturated carbocycles. The van der Waals surface area contributed by atoms with Gasteiger partial charge < -0.3 is 0 Å². The van der Waals surface area contributed by atoms with Crippen molar-refractivity contribution in [2.45, 2.75) is 32.1 Å². The van der Waals surface area contributed by atoms with Gasteiger partial charge in [-0.25, -0.2) is 8.42 Å². The number of nitrogens with zero attached hydrogens (tertiary/aromatic N) is 2. The number of aromatic nitrogens is 2. The van der Waals surface area contributed by atoms with Crippen LogP contribution in [-0.4, -0.2) is 24.0 Å². The molecule has 0 N–H and O–H groups in total. The summed E-state index contributed by atoms with van der Waals surface area (Å²) in [5.74, 6) is 0.363. The molecule has 4 nitrogen and oxygen atoms in total. The topological polar surface area (TPSA) is 52.0 Å². The first-order chi connectivity index (χ1) is 6.91. The van der Waals surface area contributed by atoms with Crippen LogP contribution in [-0.2, 0) is 22.0 Å². The summed E-state index contributed by atoms with van der Waals surface area (Å²) in [6, 6.07) is 0.193. The van der Waals surface area contributed by atoms with Gasteiger partial charge in [-0.15, -0.1) is 0 Å². The van der Waals surface area contributed by atoms with Gasteiger partial charge in [-0.1, -0.05) is 0 Å². The molecular formula is C9H13BrN2O2S. The average molecular weight is 293 g/mol.